The van der Waals surface area contributed by atoms with Crippen molar-refractivity contribution < 1.29 is 9.90 Å². The van der Waals surface area contributed by atoms with E-state index in [0.717, 1.165) is 17.8 Å². The largest absolute Gasteiger partial charge is 0.477 e. The summed E-state index contributed by atoms with van der Waals surface area (Å²) >= 11 is 7.30. The summed E-state index contributed by atoms with van der Waals surface area (Å²) in [4.78, 5) is 15.9. The van der Waals surface area contributed by atoms with Crippen LogP contribution in [-0.2, 0) is 0 Å². The van der Waals surface area contributed by atoms with Crippen LogP contribution in [0.15, 0.2) is 24.3 Å². The minimum Gasteiger partial charge on any atom is -0.477 e. The maximum atomic E-state index is 11.3. The predicted molar refractivity (Wildman–Crippen MR) is 75.8 cm³/mol. The van der Waals surface area contributed by atoms with Gasteiger partial charge >= 0.3 is 5.97 Å². The maximum absolute atomic E-state index is 11.3. The van der Waals surface area contributed by atoms with Gasteiger partial charge in [0.05, 0.1) is 15.7 Å². The minimum atomic E-state index is -0.959. The van der Waals surface area contributed by atoms with E-state index in [0.29, 0.717) is 22.4 Å². The molecule has 1 aromatic carbocycles. The summed E-state index contributed by atoms with van der Waals surface area (Å²) < 4.78 is 0. The van der Waals surface area contributed by atoms with Crippen molar-refractivity contribution in [3.05, 3.63) is 39.2 Å². The lowest BCUT2D eigenvalue weighted by Gasteiger charge is -2.05. The van der Waals surface area contributed by atoms with E-state index in [-0.39, 0.29) is 4.88 Å². The van der Waals surface area contributed by atoms with E-state index in [4.69, 9.17) is 11.6 Å². The second-order valence-electron chi connectivity index (χ2n) is 4.41. The molecule has 3 rings (SSSR count). The summed E-state index contributed by atoms with van der Waals surface area (Å²) in [6.07, 6.45) is 2.19. The average Bonchev–Trinajstić information content (AvgIpc) is 3.14. The Labute approximate surface area is 119 Å². The molecule has 2 aromatic rings. The Morgan fingerprint density at radius 1 is 1.42 bits per heavy atom. The fourth-order valence-corrected chi connectivity index (χ4v) is 2.97. The molecule has 1 aliphatic carbocycles. The van der Waals surface area contributed by atoms with Gasteiger partial charge in [-0.15, -0.1) is 11.3 Å². The number of nitrogens with zero attached hydrogens (tertiary/aromatic N) is 1. The van der Waals surface area contributed by atoms with Gasteiger partial charge in [0.2, 0.25) is 0 Å². The van der Waals surface area contributed by atoms with E-state index in [1.54, 1.807) is 12.1 Å². The van der Waals surface area contributed by atoms with E-state index < -0.39 is 5.97 Å². The van der Waals surface area contributed by atoms with E-state index in [1.165, 1.54) is 11.3 Å². The van der Waals surface area contributed by atoms with Gasteiger partial charge in [0.25, 0.3) is 0 Å². The Morgan fingerprint density at radius 2 is 2.16 bits per heavy atom. The van der Waals surface area contributed by atoms with Crippen molar-refractivity contribution in [1.29, 1.82) is 0 Å². The topological polar surface area (TPSA) is 62.2 Å². The number of rotatable bonds is 4. The first-order valence-corrected chi connectivity index (χ1v) is 7.10. The van der Waals surface area contributed by atoms with Crippen molar-refractivity contribution in [2.75, 3.05) is 5.32 Å². The van der Waals surface area contributed by atoms with Crippen molar-refractivity contribution >= 4 is 40.4 Å². The average molecular weight is 295 g/mol. The van der Waals surface area contributed by atoms with Crippen LogP contribution in [0.4, 0.5) is 11.5 Å². The summed E-state index contributed by atoms with van der Waals surface area (Å²) in [6, 6.07) is 7.20. The smallest absolute Gasteiger partial charge is 0.349 e. The molecule has 0 amide bonds. The number of thiazole rings is 1. The van der Waals surface area contributed by atoms with Gasteiger partial charge in [0, 0.05) is 5.92 Å². The second kappa shape index (κ2) is 4.83. The summed E-state index contributed by atoms with van der Waals surface area (Å²) in [5.74, 6) is -0.142. The third kappa shape index (κ3) is 2.57. The zero-order chi connectivity index (χ0) is 13.4. The monoisotopic (exact) mass is 294 g/mol. The van der Waals surface area contributed by atoms with Gasteiger partial charge in [-0.25, -0.2) is 9.78 Å². The molecule has 0 unspecified atom stereocenters. The number of carbonyl (C=O) groups is 1. The summed E-state index contributed by atoms with van der Waals surface area (Å²) in [5.41, 5.74) is 0.666. The zero-order valence-corrected chi connectivity index (χ0v) is 11.5. The summed E-state index contributed by atoms with van der Waals surface area (Å²) in [5, 5.41) is 13.7. The van der Waals surface area contributed by atoms with Crippen LogP contribution in [0.5, 0.6) is 0 Å². The highest BCUT2D eigenvalue weighted by atomic mass is 35.5. The molecule has 1 heterocycles. The van der Waals surface area contributed by atoms with Crippen molar-refractivity contribution in [2.24, 2.45) is 0 Å². The Bertz CT molecular complexity index is 637. The maximum Gasteiger partial charge on any atom is 0.349 e. The summed E-state index contributed by atoms with van der Waals surface area (Å²) in [6.45, 7) is 0. The van der Waals surface area contributed by atoms with Crippen LogP contribution in [-0.4, -0.2) is 16.1 Å². The Morgan fingerprint density at radius 3 is 2.79 bits per heavy atom. The first kappa shape index (κ1) is 12.4. The van der Waals surface area contributed by atoms with Crippen LogP contribution in [0.2, 0.25) is 5.02 Å². The molecule has 19 heavy (non-hydrogen) atoms. The molecule has 0 saturated heterocycles. The predicted octanol–water partition coefficient (Wildman–Crippen LogP) is 4.12. The number of benzene rings is 1. The van der Waals surface area contributed by atoms with Gasteiger partial charge in [-0.05, 0) is 25.0 Å². The number of anilines is 2. The molecule has 1 fully saturated rings. The number of carboxylic acid groups (broad SMARTS) is 1. The molecule has 0 bridgehead atoms. The Balaban J connectivity index is 1.95. The Kier molecular flexibility index (Phi) is 3.16. The van der Waals surface area contributed by atoms with Crippen molar-refractivity contribution in [2.45, 2.75) is 18.8 Å². The van der Waals surface area contributed by atoms with Crippen LogP contribution in [0, 0.1) is 0 Å². The normalized spacial score (nSPS) is 14.4. The van der Waals surface area contributed by atoms with Gasteiger partial charge in [0.15, 0.2) is 10.7 Å². The third-order valence-electron chi connectivity index (χ3n) is 2.89. The summed E-state index contributed by atoms with van der Waals surface area (Å²) in [7, 11) is 0. The van der Waals surface area contributed by atoms with E-state index in [1.807, 2.05) is 12.1 Å². The highest BCUT2D eigenvalue weighted by Gasteiger charge is 2.30. The number of aromatic carboxylic acids is 1. The molecule has 98 valence electrons. The van der Waals surface area contributed by atoms with Crippen LogP contribution < -0.4 is 5.32 Å². The van der Waals surface area contributed by atoms with Gasteiger partial charge in [-0.2, -0.15) is 0 Å². The fraction of sp³-hybridized carbons (Fsp3) is 0.231. The number of aromatic nitrogens is 1. The second-order valence-corrected chi connectivity index (χ2v) is 5.85. The number of hydrogen-bond acceptors (Lipinski definition) is 4. The number of para-hydroxylation sites is 1. The minimum absolute atomic E-state index is 0.238. The molecule has 4 nitrogen and oxygen atoms in total. The van der Waals surface area contributed by atoms with Crippen LogP contribution >= 0.6 is 22.9 Å². The molecule has 1 saturated carbocycles. The molecule has 1 aliphatic rings. The SMILES string of the molecule is O=C(O)c1sc(C2CC2)nc1Nc1ccccc1Cl. The lowest BCUT2D eigenvalue weighted by atomic mass is 10.3. The third-order valence-corrected chi connectivity index (χ3v) is 4.43. The lowest BCUT2D eigenvalue weighted by Crippen LogP contribution is -2.00. The van der Waals surface area contributed by atoms with Crippen LogP contribution in [0.25, 0.3) is 0 Å². The molecular weight excluding hydrogens is 284 g/mol. The molecule has 0 atom stereocenters. The van der Waals surface area contributed by atoms with Crippen molar-refractivity contribution in [3.8, 4) is 0 Å². The van der Waals surface area contributed by atoms with Gasteiger partial charge in [-0.1, -0.05) is 23.7 Å². The number of halogens is 1. The van der Waals surface area contributed by atoms with E-state index >= 15 is 0 Å². The molecule has 2 N–H and O–H groups in total. The van der Waals surface area contributed by atoms with Crippen molar-refractivity contribution in [3.63, 3.8) is 0 Å². The van der Waals surface area contributed by atoms with E-state index in [2.05, 4.69) is 10.3 Å². The number of hydrogen-bond donors (Lipinski definition) is 2. The fourth-order valence-electron chi connectivity index (χ4n) is 1.76. The molecule has 0 radical (unpaired) electrons. The zero-order valence-electron chi connectivity index (χ0n) is 9.89. The molecular formula is C13H11ClN2O2S. The Hall–Kier alpha value is -1.59. The molecule has 0 aliphatic heterocycles. The number of carboxylic acids is 1. The van der Waals surface area contributed by atoms with E-state index in [9.17, 15) is 9.90 Å². The standard InChI is InChI=1S/C13H11ClN2O2S/c14-8-3-1-2-4-9(8)15-11-10(13(17)18)19-12(16-11)7-5-6-7/h1-4,7,15H,5-6H2,(H,17,18). The first-order chi connectivity index (χ1) is 9.15. The van der Waals surface area contributed by atoms with Gasteiger partial charge in [0.1, 0.15) is 0 Å². The van der Waals surface area contributed by atoms with Crippen LogP contribution in [0.1, 0.15) is 33.4 Å². The number of nitrogens with one attached hydrogen (secondary N) is 1. The van der Waals surface area contributed by atoms with Crippen molar-refractivity contribution in [1.82, 2.24) is 4.98 Å². The van der Waals surface area contributed by atoms with Gasteiger partial charge < -0.3 is 10.4 Å². The first-order valence-electron chi connectivity index (χ1n) is 5.90. The highest BCUT2D eigenvalue weighted by molar-refractivity contribution is 7.14. The molecule has 6 heteroatoms. The van der Waals surface area contributed by atoms with Crippen LogP contribution in [0.3, 0.4) is 0 Å². The quantitative estimate of drug-likeness (QED) is 0.890. The molecule has 0 spiro atoms. The lowest BCUT2D eigenvalue weighted by molar-refractivity contribution is 0.0703. The highest BCUT2D eigenvalue weighted by Crippen LogP contribution is 2.44. The van der Waals surface area contributed by atoms with Gasteiger partial charge in [-0.3, -0.25) is 0 Å². The molecule has 1 aromatic heterocycles.